The van der Waals surface area contributed by atoms with Gasteiger partial charge in [-0.05, 0) is 32.1 Å². The molecular weight excluding hydrogens is 256 g/mol. The largest absolute Gasteiger partial charge is 0.396 e. The number of nitrogens with one attached hydrogen (secondary N) is 1. The minimum Gasteiger partial charge on any atom is -0.396 e. The first-order valence-electron chi connectivity index (χ1n) is 7.55. The molecule has 0 radical (unpaired) electrons. The predicted octanol–water partition coefficient (Wildman–Crippen LogP) is 1.60. The molecule has 0 aromatic rings. The number of carbonyl (C=O) groups excluding carboxylic acids is 1. The Morgan fingerprint density at radius 3 is 2.70 bits per heavy atom. The summed E-state index contributed by atoms with van der Waals surface area (Å²) in [4.78, 5) is 14.2. The number of rotatable bonds is 3. The lowest BCUT2D eigenvalue weighted by molar-refractivity contribution is -0.177. The molecule has 3 atom stereocenters. The number of aliphatic hydroxyl groups excluding tert-OH is 1. The van der Waals surface area contributed by atoms with Gasteiger partial charge in [0, 0.05) is 38.3 Å². The number of nitrogens with zero attached hydrogens (tertiary/aromatic N) is 1. The minimum atomic E-state index is -0.166. The third-order valence-electron chi connectivity index (χ3n) is 5.64. The van der Waals surface area contributed by atoms with Crippen molar-refractivity contribution in [2.75, 3.05) is 26.8 Å². The summed E-state index contributed by atoms with van der Waals surface area (Å²) in [5, 5.41) is 12.4. The van der Waals surface area contributed by atoms with E-state index in [0.717, 1.165) is 25.8 Å². The molecule has 0 spiro atoms. The molecule has 1 heterocycles. The first-order valence-corrected chi connectivity index (χ1v) is 7.55. The van der Waals surface area contributed by atoms with Crippen molar-refractivity contribution in [3.63, 3.8) is 0 Å². The quantitative estimate of drug-likeness (QED) is 0.827. The molecule has 0 bridgehead atoms. The molecule has 2 aliphatic rings. The number of ether oxygens (including phenoxy) is 1. The predicted molar refractivity (Wildman–Crippen MR) is 77.5 cm³/mol. The van der Waals surface area contributed by atoms with E-state index in [2.05, 4.69) is 26.1 Å². The van der Waals surface area contributed by atoms with Crippen LogP contribution in [0.4, 0.5) is 4.79 Å². The van der Waals surface area contributed by atoms with E-state index in [1.54, 1.807) is 7.11 Å². The molecule has 1 saturated heterocycles. The fraction of sp³-hybridized carbons (Fsp3) is 0.933. The van der Waals surface area contributed by atoms with E-state index in [1.165, 1.54) is 0 Å². The zero-order valence-corrected chi connectivity index (χ0v) is 13.1. The summed E-state index contributed by atoms with van der Waals surface area (Å²) >= 11 is 0. The highest BCUT2D eigenvalue weighted by molar-refractivity contribution is 5.75. The van der Waals surface area contributed by atoms with E-state index >= 15 is 0 Å². The van der Waals surface area contributed by atoms with Gasteiger partial charge in [-0.15, -0.1) is 0 Å². The van der Waals surface area contributed by atoms with Crippen molar-refractivity contribution in [3.8, 4) is 0 Å². The van der Waals surface area contributed by atoms with Gasteiger partial charge >= 0.3 is 6.03 Å². The second-order valence-electron chi connectivity index (χ2n) is 7.00. The second-order valence-corrected chi connectivity index (χ2v) is 7.00. The summed E-state index contributed by atoms with van der Waals surface area (Å²) < 4.78 is 5.58. The zero-order chi connectivity index (χ0) is 15.0. The molecule has 2 fully saturated rings. The van der Waals surface area contributed by atoms with Crippen LogP contribution in [0.2, 0.25) is 0 Å². The van der Waals surface area contributed by atoms with Gasteiger partial charge in [0.05, 0.1) is 5.60 Å². The maximum absolute atomic E-state index is 12.3. The van der Waals surface area contributed by atoms with Gasteiger partial charge in [-0.2, -0.15) is 0 Å². The average molecular weight is 284 g/mol. The highest BCUT2D eigenvalue weighted by atomic mass is 16.5. The molecule has 20 heavy (non-hydrogen) atoms. The number of urea groups is 1. The summed E-state index contributed by atoms with van der Waals surface area (Å²) in [5.41, 5.74) is -0.232. The number of aliphatic hydroxyl groups is 1. The van der Waals surface area contributed by atoms with Crippen LogP contribution in [-0.4, -0.2) is 54.5 Å². The van der Waals surface area contributed by atoms with Crippen LogP contribution in [0.5, 0.6) is 0 Å². The summed E-state index contributed by atoms with van der Waals surface area (Å²) in [6, 6.07) is 0.147. The zero-order valence-electron chi connectivity index (χ0n) is 13.1. The van der Waals surface area contributed by atoms with E-state index in [1.807, 2.05) is 4.90 Å². The van der Waals surface area contributed by atoms with Gasteiger partial charge in [-0.25, -0.2) is 4.79 Å². The third-order valence-corrected chi connectivity index (χ3v) is 5.64. The highest BCUT2D eigenvalue weighted by Crippen LogP contribution is 2.51. The molecule has 2 N–H and O–H groups in total. The van der Waals surface area contributed by atoms with Crippen LogP contribution < -0.4 is 5.32 Å². The molecule has 2 rings (SSSR count). The van der Waals surface area contributed by atoms with Crippen LogP contribution in [0.1, 0.15) is 40.0 Å². The number of carbonyl (C=O) groups is 1. The van der Waals surface area contributed by atoms with Crippen LogP contribution in [0.25, 0.3) is 0 Å². The molecule has 0 unspecified atom stereocenters. The van der Waals surface area contributed by atoms with E-state index in [-0.39, 0.29) is 35.6 Å². The molecule has 116 valence electrons. The van der Waals surface area contributed by atoms with Crippen LogP contribution in [0.15, 0.2) is 0 Å². The van der Waals surface area contributed by atoms with E-state index in [0.29, 0.717) is 6.54 Å². The number of piperidine rings is 1. The average Bonchev–Trinajstić information content (AvgIpc) is 2.46. The Kier molecular flexibility index (Phi) is 4.30. The summed E-state index contributed by atoms with van der Waals surface area (Å²) in [6.45, 7) is 7.99. The summed E-state index contributed by atoms with van der Waals surface area (Å²) in [6.07, 6.45) is 2.83. The van der Waals surface area contributed by atoms with Gasteiger partial charge in [0.2, 0.25) is 0 Å². The second kappa shape index (κ2) is 5.53. The number of likely N-dealkylation sites (tertiary alicyclic amines) is 1. The lowest BCUT2D eigenvalue weighted by Gasteiger charge is -2.59. The maximum atomic E-state index is 12.3. The molecule has 0 aromatic heterocycles. The fourth-order valence-electron chi connectivity index (χ4n) is 3.36. The van der Waals surface area contributed by atoms with Crippen molar-refractivity contribution < 1.29 is 14.6 Å². The Morgan fingerprint density at radius 2 is 2.15 bits per heavy atom. The molecule has 5 heteroatoms. The Labute approximate surface area is 121 Å². The van der Waals surface area contributed by atoms with Gasteiger partial charge < -0.3 is 20.1 Å². The SMILES string of the molecule is CO[C@]1(C)C[C@H](NC(=O)N2CCC[C@H](CO)C2)C1(C)C. The first kappa shape index (κ1) is 15.6. The standard InChI is InChI=1S/C15H28N2O3/c1-14(2)12(8-15(14,3)20-4)16-13(19)17-7-5-6-11(9-17)10-18/h11-12,18H,5-10H2,1-4H3,(H,16,19)/t11-,12-,15+/m0/s1. The number of methoxy groups -OCH3 is 1. The molecule has 0 aromatic carbocycles. The fourth-order valence-corrected chi connectivity index (χ4v) is 3.36. The number of amides is 2. The van der Waals surface area contributed by atoms with E-state index < -0.39 is 0 Å². The minimum absolute atomic E-state index is 0.000576. The maximum Gasteiger partial charge on any atom is 0.317 e. The van der Waals surface area contributed by atoms with Crippen molar-refractivity contribution in [2.24, 2.45) is 11.3 Å². The molecule has 1 aliphatic heterocycles. The Hall–Kier alpha value is -0.810. The molecule has 1 aliphatic carbocycles. The molecular formula is C15H28N2O3. The van der Waals surface area contributed by atoms with Gasteiger partial charge in [0.15, 0.2) is 0 Å². The number of hydrogen-bond acceptors (Lipinski definition) is 3. The highest BCUT2D eigenvalue weighted by Gasteiger charge is 2.58. The van der Waals surface area contributed by atoms with Crippen molar-refractivity contribution in [1.82, 2.24) is 10.2 Å². The van der Waals surface area contributed by atoms with Crippen molar-refractivity contribution in [2.45, 2.75) is 51.7 Å². The Bertz CT molecular complexity index is 372. The van der Waals surface area contributed by atoms with E-state index in [4.69, 9.17) is 4.74 Å². The Balaban J connectivity index is 1.90. The normalized spacial score (nSPS) is 36.4. The number of hydrogen-bond donors (Lipinski definition) is 2. The first-order chi connectivity index (χ1) is 9.34. The monoisotopic (exact) mass is 284 g/mol. The Morgan fingerprint density at radius 1 is 1.45 bits per heavy atom. The summed E-state index contributed by atoms with van der Waals surface area (Å²) in [7, 11) is 1.73. The van der Waals surface area contributed by atoms with Gasteiger partial charge in [-0.1, -0.05) is 13.8 Å². The van der Waals surface area contributed by atoms with Crippen LogP contribution in [-0.2, 0) is 4.74 Å². The van der Waals surface area contributed by atoms with Gasteiger partial charge in [0.25, 0.3) is 0 Å². The van der Waals surface area contributed by atoms with Gasteiger partial charge in [-0.3, -0.25) is 0 Å². The molecule has 5 nitrogen and oxygen atoms in total. The van der Waals surface area contributed by atoms with Crippen LogP contribution in [0.3, 0.4) is 0 Å². The lowest BCUT2D eigenvalue weighted by atomic mass is 9.56. The van der Waals surface area contributed by atoms with Crippen LogP contribution in [0, 0.1) is 11.3 Å². The van der Waals surface area contributed by atoms with E-state index in [9.17, 15) is 9.90 Å². The molecule has 2 amide bonds. The van der Waals surface area contributed by atoms with Crippen molar-refractivity contribution in [1.29, 1.82) is 0 Å². The summed E-state index contributed by atoms with van der Waals surface area (Å²) in [5.74, 6) is 0.230. The van der Waals surface area contributed by atoms with Crippen molar-refractivity contribution >= 4 is 6.03 Å². The van der Waals surface area contributed by atoms with Crippen molar-refractivity contribution in [3.05, 3.63) is 0 Å². The third kappa shape index (κ3) is 2.53. The smallest absolute Gasteiger partial charge is 0.317 e. The topological polar surface area (TPSA) is 61.8 Å². The van der Waals surface area contributed by atoms with Crippen LogP contribution >= 0.6 is 0 Å². The molecule has 1 saturated carbocycles. The lowest BCUT2D eigenvalue weighted by Crippen LogP contribution is -2.69. The van der Waals surface area contributed by atoms with Gasteiger partial charge in [0.1, 0.15) is 0 Å².